The minimum absolute atomic E-state index is 0.0308. The smallest absolute Gasteiger partial charge is 0.202 e. The summed E-state index contributed by atoms with van der Waals surface area (Å²) in [4.78, 5) is 11.8. The van der Waals surface area contributed by atoms with Gasteiger partial charge in [-0.1, -0.05) is 19.8 Å². The van der Waals surface area contributed by atoms with Gasteiger partial charge in [0, 0.05) is 6.42 Å². The number of rotatable bonds is 5. The zero-order valence-electron chi connectivity index (χ0n) is 9.53. The standard InChI is InChI=1S/C12H15BrO4/c1-2-3-4-5-9(14)7-6-8(13)11(16)12(17)10(7)15/h6,15-17H,2-5H2,1H3. The normalized spacial score (nSPS) is 10.5. The van der Waals surface area contributed by atoms with Crippen LogP contribution < -0.4 is 0 Å². The Morgan fingerprint density at radius 2 is 1.82 bits per heavy atom. The maximum absolute atomic E-state index is 11.8. The summed E-state index contributed by atoms with van der Waals surface area (Å²) in [6, 6.07) is 1.32. The molecule has 0 aliphatic carbocycles. The summed E-state index contributed by atoms with van der Waals surface area (Å²) in [7, 11) is 0. The van der Waals surface area contributed by atoms with Crippen LogP contribution in [0.5, 0.6) is 17.2 Å². The van der Waals surface area contributed by atoms with Crippen molar-refractivity contribution < 1.29 is 20.1 Å². The van der Waals surface area contributed by atoms with Crippen LogP contribution in [0.25, 0.3) is 0 Å². The van der Waals surface area contributed by atoms with Crippen molar-refractivity contribution in [2.45, 2.75) is 32.6 Å². The van der Waals surface area contributed by atoms with Crippen molar-refractivity contribution in [1.82, 2.24) is 0 Å². The molecule has 0 fully saturated rings. The highest BCUT2D eigenvalue weighted by molar-refractivity contribution is 9.10. The van der Waals surface area contributed by atoms with Crippen molar-refractivity contribution in [3.8, 4) is 17.2 Å². The first-order valence-electron chi connectivity index (χ1n) is 5.45. The Balaban J connectivity index is 2.94. The fourth-order valence-electron chi connectivity index (χ4n) is 1.50. The highest BCUT2D eigenvalue weighted by atomic mass is 79.9. The molecule has 94 valence electrons. The van der Waals surface area contributed by atoms with Crippen LogP contribution in [-0.4, -0.2) is 21.1 Å². The molecule has 0 saturated heterocycles. The first kappa shape index (κ1) is 13.8. The summed E-state index contributed by atoms with van der Waals surface area (Å²) in [5.41, 5.74) is 0.0308. The number of Topliss-reactive ketones (excluding diaryl/α,β-unsaturated/α-hetero) is 1. The van der Waals surface area contributed by atoms with E-state index in [1.54, 1.807) is 0 Å². The van der Waals surface area contributed by atoms with Crippen molar-refractivity contribution in [2.75, 3.05) is 0 Å². The molecule has 5 heteroatoms. The second kappa shape index (κ2) is 5.91. The van der Waals surface area contributed by atoms with E-state index in [4.69, 9.17) is 0 Å². The molecule has 1 aromatic carbocycles. The zero-order chi connectivity index (χ0) is 13.0. The van der Waals surface area contributed by atoms with Crippen molar-refractivity contribution in [3.63, 3.8) is 0 Å². The van der Waals surface area contributed by atoms with E-state index < -0.39 is 17.2 Å². The number of phenolic OH excluding ortho intramolecular Hbond substituents is 3. The number of hydrogen-bond donors (Lipinski definition) is 3. The SMILES string of the molecule is CCCCCC(=O)c1cc(Br)c(O)c(O)c1O. The molecule has 0 aliphatic heterocycles. The lowest BCUT2D eigenvalue weighted by Crippen LogP contribution is -2.00. The van der Waals surface area contributed by atoms with Gasteiger partial charge < -0.3 is 15.3 Å². The van der Waals surface area contributed by atoms with Gasteiger partial charge in [-0.25, -0.2) is 0 Å². The second-order valence-electron chi connectivity index (χ2n) is 3.83. The Morgan fingerprint density at radius 1 is 1.18 bits per heavy atom. The monoisotopic (exact) mass is 302 g/mol. The quantitative estimate of drug-likeness (QED) is 0.443. The molecule has 4 nitrogen and oxygen atoms in total. The van der Waals surface area contributed by atoms with Crippen LogP contribution in [0.4, 0.5) is 0 Å². The molecule has 1 rings (SSSR count). The summed E-state index contributed by atoms with van der Waals surface area (Å²) in [6.07, 6.45) is 3.01. The van der Waals surface area contributed by atoms with Gasteiger partial charge >= 0.3 is 0 Å². The van der Waals surface area contributed by atoms with Crippen LogP contribution in [-0.2, 0) is 0 Å². The average Bonchev–Trinajstić information content (AvgIpc) is 2.31. The Labute approximate surface area is 108 Å². The van der Waals surface area contributed by atoms with Crippen LogP contribution in [0.15, 0.2) is 10.5 Å². The van der Waals surface area contributed by atoms with E-state index in [0.29, 0.717) is 6.42 Å². The van der Waals surface area contributed by atoms with Gasteiger partial charge in [-0.05, 0) is 28.4 Å². The van der Waals surface area contributed by atoms with Gasteiger partial charge in [-0.2, -0.15) is 0 Å². The Kier molecular flexibility index (Phi) is 4.81. The fraction of sp³-hybridized carbons (Fsp3) is 0.417. The molecule has 0 aliphatic rings. The third-order valence-electron chi connectivity index (χ3n) is 2.51. The summed E-state index contributed by atoms with van der Waals surface area (Å²) in [5, 5.41) is 28.3. The van der Waals surface area contributed by atoms with Gasteiger partial charge in [0.1, 0.15) is 0 Å². The van der Waals surface area contributed by atoms with Crippen LogP contribution in [0.1, 0.15) is 43.0 Å². The molecule has 0 radical (unpaired) electrons. The Bertz CT molecular complexity index is 429. The lowest BCUT2D eigenvalue weighted by Gasteiger charge is -2.08. The number of carbonyl (C=O) groups is 1. The lowest BCUT2D eigenvalue weighted by atomic mass is 10.0. The van der Waals surface area contributed by atoms with Crippen LogP contribution >= 0.6 is 15.9 Å². The van der Waals surface area contributed by atoms with Crippen LogP contribution in [0.2, 0.25) is 0 Å². The molecule has 0 saturated carbocycles. The molecular formula is C12H15BrO4. The Morgan fingerprint density at radius 3 is 2.41 bits per heavy atom. The number of carbonyl (C=O) groups excluding carboxylic acids is 1. The van der Waals surface area contributed by atoms with Gasteiger partial charge in [0.2, 0.25) is 5.75 Å². The summed E-state index contributed by atoms with van der Waals surface area (Å²) in [6.45, 7) is 2.03. The molecule has 0 aromatic heterocycles. The number of benzene rings is 1. The van der Waals surface area contributed by atoms with Crippen LogP contribution in [0.3, 0.4) is 0 Å². The number of ketones is 1. The number of halogens is 1. The van der Waals surface area contributed by atoms with E-state index in [1.165, 1.54) is 6.07 Å². The fourth-order valence-corrected chi connectivity index (χ4v) is 1.92. The molecule has 0 atom stereocenters. The van der Waals surface area contributed by atoms with E-state index in [0.717, 1.165) is 19.3 Å². The summed E-state index contributed by atoms with van der Waals surface area (Å²) < 4.78 is 0.187. The third kappa shape index (κ3) is 3.12. The van der Waals surface area contributed by atoms with E-state index in [1.807, 2.05) is 6.92 Å². The molecule has 0 spiro atoms. The number of phenols is 3. The summed E-state index contributed by atoms with van der Waals surface area (Å²) >= 11 is 3.01. The molecule has 0 amide bonds. The van der Waals surface area contributed by atoms with Crippen molar-refractivity contribution in [1.29, 1.82) is 0 Å². The number of aromatic hydroxyl groups is 3. The first-order chi connectivity index (χ1) is 7.99. The largest absolute Gasteiger partial charge is 0.504 e. The minimum Gasteiger partial charge on any atom is -0.504 e. The van der Waals surface area contributed by atoms with Gasteiger partial charge in [0.05, 0.1) is 10.0 Å². The van der Waals surface area contributed by atoms with E-state index in [9.17, 15) is 20.1 Å². The minimum atomic E-state index is -0.668. The molecule has 0 bridgehead atoms. The molecule has 0 unspecified atom stereocenters. The van der Waals surface area contributed by atoms with Gasteiger partial charge in [0.15, 0.2) is 17.3 Å². The predicted molar refractivity (Wildman–Crippen MR) is 67.6 cm³/mol. The van der Waals surface area contributed by atoms with Gasteiger partial charge in [-0.15, -0.1) is 0 Å². The molecule has 3 N–H and O–H groups in total. The highest BCUT2D eigenvalue weighted by Crippen LogP contribution is 2.43. The maximum Gasteiger partial charge on any atom is 0.202 e. The Hall–Kier alpha value is -1.23. The van der Waals surface area contributed by atoms with Gasteiger partial charge in [-0.3, -0.25) is 4.79 Å². The zero-order valence-corrected chi connectivity index (χ0v) is 11.1. The summed E-state index contributed by atoms with van der Waals surface area (Å²) in [5.74, 6) is -1.94. The second-order valence-corrected chi connectivity index (χ2v) is 4.69. The average molecular weight is 303 g/mol. The van der Waals surface area contributed by atoms with E-state index in [2.05, 4.69) is 15.9 Å². The van der Waals surface area contributed by atoms with E-state index >= 15 is 0 Å². The molecular weight excluding hydrogens is 288 g/mol. The molecule has 17 heavy (non-hydrogen) atoms. The maximum atomic E-state index is 11.8. The number of hydrogen-bond acceptors (Lipinski definition) is 4. The van der Waals surface area contributed by atoms with Crippen molar-refractivity contribution in [3.05, 3.63) is 16.1 Å². The number of unbranched alkanes of at least 4 members (excludes halogenated alkanes) is 2. The van der Waals surface area contributed by atoms with Gasteiger partial charge in [0.25, 0.3) is 0 Å². The highest BCUT2D eigenvalue weighted by Gasteiger charge is 2.19. The molecule has 1 aromatic rings. The van der Waals surface area contributed by atoms with Crippen molar-refractivity contribution in [2.24, 2.45) is 0 Å². The predicted octanol–water partition coefficient (Wildman–Crippen LogP) is 3.33. The topological polar surface area (TPSA) is 77.8 Å². The first-order valence-corrected chi connectivity index (χ1v) is 6.24. The van der Waals surface area contributed by atoms with Crippen molar-refractivity contribution >= 4 is 21.7 Å². The van der Waals surface area contributed by atoms with Crippen LogP contribution in [0, 0.1) is 0 Å². The lowest BCUT2D eigenvalue weighted by molar-refractivity contribution is 0.0976. The molecule has 0 heterocycles. The van der Waals surface area contributed by atoms with E-state index in [-0.39, 0.29) is 15.8 Å². The third-order valence-corrected chi connectivity index (χ3v) is 3.11.